The van der Waals surface area contributed by atoms with Gasteiger partial charge in [-0.3, -0.25) is 0 Å². The standard InChI is InChI=1S/C24H28O4/c1-3-5-7-18-16-10-9-15-14-11-12-24(21(15)20(16)23(26)27-18)17(13-14)22(25)28-19(24)8-6-4-2/h7-8,13-15,21H,3-6,9-12H2,1-2H3/b18-7-,19-8?/t14-,15-,21+,24+/m1/s1. The first-order chi connectivity index (χ1) is 13.6. The van der Waals surface area contributed by atoms with E-state index in [9.17, 15) is 9.59 Å². The van der Waals surface area contributed by atoms with E-state index in [-0.39, 0.29) is 17.9 Å². The second-order valence-electron chi connectivity index (χ2n) is 8.82. The Morgan fingerprint density at radius 3 is 2.64 bits per heavy atom. The van der Waals surface area contributed by atoms with Crippen LogP contribution in [0.5, 0.6) is 0 Å². The molecule has 2 bridgehead atoms. The zero-order chi connectivity index (χ0) is 19.5. The number of fused-ring (bicyclic) bond motifs is 1. The lowest BCUT2D eigenvalue weighted by Gasteiger charge is -2.54. The molecule has 6 aliphatic rings. The fourth-order valence-electron chi connectivity index (χ4n) is 6.29. The molecule has 0 amide bonds. The van der Waals surface area contributed by atoms with Gasteiger partial charge in [0.2, 0.25) is 0 Å². The molecule has 0 unspecified atom stereocenters. The Morgan fingerprint density at radius 1 is 1.07 bits per heavy atom. The lowest BCUT2D eigenvalue weighted by atomic mass is 9.47. The molecule has 0 radical (unpaired) electrons. The Morgan fingerprint density at radius 2 is 1.86 bits per heavy atom. The van der Waals surface area contributed by atoms with Crippen molar-refractivity contribution < 1.29 is 19.1 Å². The van der Waals surface area contributed by atoms with Gasteiger partial charge in [-0.25, -0.2) is 9.59 Å². The molecular weight excluding hydrogens is 352 g/mol. The number of carbonyl (C=O) groups is 2. The summed E-state index contributed by atoms with van der Waals surface area (Å²) in [6, 6.07) is 0. The molecule has 28 heavy (non-hydrogen) atoms. The third-order valence-corrected chi connectivity index (χ3v) is 7.43. The summed E-state index contributed by atoms with van der Waals surface area (Å²) in [6.45, 7) is 4.26. The van der Waals surface area contributed by atoms with Crippen LogP contribution in [-0.4, -0.2) is 11.9 Å². The number of cyclic esters (lactones) is 2. The van der Waals surface area contributed by atoms with Gasteiger partial charge in [0.05, 0.1) is 5.41 Å². The number of hydrogen-bond donors (Lipinski definition) is 0. The highest BCUT2D eigenvalue weighted by Gasteiger charge is 2.66. The summed E-state index contributed by atoms with van der Waals surface area (Å²) in [5.74, 6) is 1.96. The molecule has 1 saturated carbocycles. The van der Waals surface area contributed by atoms with Gasteiger partial charge in [-0.2, -0.15) is 0 Å². The average Bonchev–Trinajstić information content (AvgIpc) is 3.19. The molecule has 2 heterocycles. The summed E-state index contributed by atoms with van der Waals surface area (Å²) in [6.07, 6.45) is 14.1. The van der Waals surface area contributed by atoms with E-state index in [0.717, 1.165) is 79.6 Å². The predicted octanol–water partition coefficient (Wildman–Crippen LogP) is 5.13. The highest BCUT2D eigenvalue weighted by atomic mass is 16.5. The van der Waals surface area contributed by atoms with E-state index in [0.29, 0.717) is 11.8 Å². The Hall–Kier alpha value is -2.10. The van der Waals surface area contributed by atoms with Crippen molar-refractivity contribution in [3.8, 4) is 0 Å². The van der Waals surface area contributed by atoms with E-state index in [4.69, 9.17) is 9.47 Å². The molecule has 0 N–H and O–H groups in total. The van der Waals surface area contributed by atoms with Crippen LogP contribution in [0.4, 0.5) is 0 Å². The maximum Gasteiger partial charge on any atom is 0.340 e. The van der Waals surface area contributed by atoms with Gasteiger partial charge in [-0.15, -0.1) is 0 Å². The average molecular weight is 380 g/mol. The molecule has 2 fully saturated rings. The van der Waals surface area contributed by atoms with Gasteiger partial charge in [0.15, 0.2) is 0 Å². The molecule has 4 aliphatic carbocycles. The Balaban J connectivity index is 1.68. The fraction of sp³-hybridized carbons (Fsp3) is 0.583. The van der Waals surface area contributed by atoms with E-state index in [1.165, 1.54) is 0 Å². The molecule has 6 rings (SSSR count). The van der Waals surface area contributed by atoms with Gasteiger partial charge in [-0.05, 0) is 62.5 Å². The van der Waals surface area contributed by atoms with Crippen molar-refractivity contribution in [2.45, 2.75) is 65.2 Å². The molecule has 4 atom stereocenters. The summed E-state index contributed by atoms with van der Waals surface area (Å²) in [4.78, 5) is 25.8. The predicted molar refractivity (Wildman–Crippen MR) is 105 cm³/mol. The summed E-state index contributed by atoms with van der Waals surface area (Å²) < 4.78 is 11.6. The highest BCUT2D eigenvalue weighted by molar-refractivity contribution is 5.99. The number of esters is 2. The van der Waals surface area contributed by atoms with Crippen LogP contribution in [-0.2, 0) is 19.1 Å². The van der Waals surface area contributed by atoms with Gasteiger partial charge in [0.1, 0.15) is 11.5 Å². The van der Waals surface area contributed by atoms with Crippen molar-refractivity contribution in [3.05, 3.63) is 46.5 Å². The normalized spacial score (nSPS) is 38.4. The first-order valence-electron chi connectivity index (χ1n) is 10.9. The SMILES string of the molecule is CCCC=C1OC(=O)C2=C[C@H]3CC[C@@]12[C@@H]1C2=C(CC[C@@H]13)/C(=C/CCC)OC2=O. The largest absolute Gasteiger partial charge is 0.427 e. The van der Waals surface area contributed by atoms with Crippen molar-refractivity contribution in [3.63, 3.8) is 0 Å². The fourth-order valence-corrected chi connectivity index (χ4v) is 6.29. The summed E-state index contributed by atoms with van der Waals surface area (Å²) >= 11 is 0. The minimum atomic E-state index is -0.452. The van der Waals surface area contributed by atoms with Crippen LogP contribution >= 0.6 is 0 Å². The van der Waals surface area contributed by atoms with Gasteiger partial charge in [0.25, 0.3) is 0 Å². The maximum atomic E-state index is 13.0. The van der Waals surface area contributed by atoms with Crippen LogP contribution in [0.15, 0.2) is 46.5 Å². The van der Waals surface area contributed by atoms with Gasteiger partial charge in [-0.1, -0.05) is 32.8 Å². The molecule has 0 aromatic carbocycles. The Bertz CT molecular complexity index is 871. The van der Waals surface area contributed by atoms with Crippen LogP contribution < -0.4 is 0 Å². The topological polar surface area (TPSA) is 52.6 Å². The third kappa shape index (κ3) is 2.23. The number of ether oxygens (including phenoxy) is 2. The molecule has 1 saturated heterocycles. The third-order valence-electron chi connectivity index (χ3n) is 7.43. The summed E-state index contributed by atoms with van der Waals surface area (Å²) in [5, 5.41) is 0. The van der Waals surface area contributed by atoms with E-state index in [1.54, 1.807) is 0 Å². The monoisotopic (exact) mass is 380 g/mol. The van der Waals surface area contributed by atoms with E-state index >= 15 is 0 Å². The lowest BCUT2D eigenvalue weighted by molar-refractivity contribution is -0.135. The van der Waals surface area contributed by atoms with E-state index in [2.05, 4.69) is 32.1 Å². The second-order valence-corrected chi connectivity index (χ2v) is 8.82. The first-order valence-corrected chi connectivity index (χ1v) is 10.9. The van der Waals surface area contributed by atoms with E-state index < -0.39 is 5.41 Å². The number of unbranched alkanes of at least 4 members (excludes halogenated alkanes) is 2. The minimum absolute atomic E-state index is 0.0181. The van der Waals surface area contributed by atoms with Crippen molar-refractivity contribution in [1.82, 2.24) is 0 Å². The van der Waals surface area contributed by atoms with Crippen LogP contribution in [0.25, 0.3) is 0 Å². The smallest absolute Gasteiger partial charge is 0.340 e. The Kier molecular flexibility index (Phi) is 4.15. The molecule has 2 aliphatic heterocycles. The number of rotatable bonds is 4. The highest BCUT2D eigenvalue weighted by Crippen LogP contribution is 2.68. The lowest BCUT2D eigenvalue weighted by Crippen LogP contribution is -2.50. The molecule has 4 nitrogen and oxygen atoms in total. The van der Waals surface area contributed by atoms with Crippen LogP contribution in [0.1, 0.15) is 65.2 Å². The van der Waals surface area contributed by atoms with Crippen LogP contribution in [0, 0.1) is 23.2 Å². The van der Waals surface area contributed by atoms with Gasteiger partial charge >= 0.3 is 11.9 Å². The molecular formula is C24H28O4. The molecule has 148 valence electrons. The zero-order valence-corrected chi connectivity index (χ0v) is 16.8. The van der Waals surface area contributed by atoms with Crippen molar-refractivity contribution >= 4 is 11.9 Å². The van der Waals surface area contributed by atoms with Crippen LogP contribution in [0.3, 0.4) is 0 Å². The van der Waals surface area contributed by atoms with Crippen molar-refractivity contribution in [1.29, 1.82) is 0 Å². The summed E-state index contributed by atoms with van der Waals surface area (Å²) in [5.41, 5.74) is 2.29. The summed E-state index contributed by atoms with van der Waals surface area (Å²) in [7, 11) is 0. The first kappa shape index (κ1) is 18.0. The van der Waals surface area contributed by atoms with E-state index in [1.807, 2.05) is 0 Å². The maximum absolute atomic E-state index is 13.0. The second kappa shape index (κ2) is 6.47. The number of carbonyl (C=O) groups excluding carboxylic acids is 2. The van der Waals surface area contributed by atoms with Gasteiger partial charge in [0, 0.05) is 22.6 Å². The van der Waals surface area contributed by atoms with Crippen LogP contribution in [0.2, 0.25) is 0 Å². The Labute approximate surface area is 166 Å². The number of hydrogen-bond acceptors (Lipinski definition) is 4. The molecule has 0 aromatic rings. The molecule has 1 spiro atoms. The molecule has 4 heteroatoms. The van der Waals surface area contributed by atoms with Crippen molar-refractivity contribution in [2.24, 2.45) is 23.2 Å². The minimum Gasteiger partial charge on any atom is -0.427 e. The van der Waals surface area contributed by atoms with Gasteiger partial charge < -0.3 is 9.47 Å². The zero-order valence-electron chi connectivity index (χ0n) is 16.8. The van der Waals surface area contributed by atoms with Crippen molar-refractivity contribution in [2.75, 3.05) is 0 Å². The quantitative estimate of drug-likeness (QED) is 0.635. The number of allylic oxidation sites excluding steroid dienone is 5. The molecule has 0 aromatic heterocycles.